The molecule has 1 heterocycles. The average molecular weight is 224 g/mol. The second-order valence-corrected chi connectivity index (χ2v) is 4.47. The van der Waals surface area contributed by atoms with E-state index in [0.717, 1.165) is 11.5 Å². The molecule has 80 valence electrons. The Morgan fingerprint density at radius 2 is 2.27 bits per heavy atom. The first-order valence-corrected chi connectivity index (χ1v) is 5.10. The SMILES string of the molecule is Cc1nsc(NC(C)(C)C(N)=O)c1C#N. The molecule has 1 amide bonds. The first-order chi connectivity index (χ1) is 6.88. The summed E-state index contributed by atoms with van der Waals surface area (Å²) in [6, 6.07) is 2.04. The van der Waals surface area contributed by atoms with Crippen LogP contribution in [0.25, 0.3) is 0 Å². The third-order valence-electron chi connectivity index (χ3n) is 2.02. The number of nitrogens with one attached hydrogen (secondary N) is 1. The highest BCUT2D eigenvalue weighted by atomic mass is 32.1. The summed E-state index contributed by atoms with van der Waals surface area (Å²) >= 11 is 1.15. The summed E-state index contributed by atoms with van der Waals surface area (Å²) in [6.45, 7) is 5.06. The Labute approximate surface area is 92.1 Å². The second-order valence-electron chi connectivity index (χ2n) is 3.70. The maximum absolute atomic E-state index is 11.1. The van der Waals surface area contributed by atoms with Gasteiger partial charge < -0.3 is 11.1 Å². The fourth-order valence-corrected chi connectivity index (χ4v) is 1.84. The number of nitrogens with two attached hydrogens (primary N) is 1. The minimum Gasteiger partial charge on any atom is -0.368 e. The van der Waals surface area contributed by atoms with Gasteiger partial charge in [0.25, 0.3) is 0 Å². The third-order valence-corrected chi connectivity index (χ3v) is 2.87. The number of aromatic nitrogens is 1. The average Bonchev–Trinajstić information content (AvgIpc) is 2.45. The molecule has 0 saturated carbocycles. The van der Waals surface area contributed by atoms with Gasteiger partial charge in [-0.15, -0.1) is 0 Å². The van der Waals surface area contributed by atoms with E-state index in [2.05, 4.69) is 9.69 Å². The highest BCUT2D eigenvalue weighted by Gasteiger charge is 2.26. The van der Waals surface area contributed by atoms with Crippen LogP contribution in [0.15, 0.2) is 0 Å². The number of rotatable bonds is 3. The van der Waals surface area contributed by atoms with Gasteiger partial charge in [0.15, 0.2) is 0 Å². The van der Waals surface area contributed by atoms with E-state index >= 15 is 0 Å². The highest BCUT2D eigenvalue weighted by Crippen LogP contribution is 2.26. The number of nitrogens with zero attached hydrogens (tertiary/aromatic N) is 2. The van der Waals surface area contributed by atoms with Crippen LogP contribution in [0.2, 0.25) is 0 Å². The van der Waals surface area contributed by atoms with Gasteiger partial charge in [-0.05, 0) is 32.3 Å². The third kappa shape index (κ3) is 2.25. The molecule has 3 N–H and O–H groups in total. The lowest BCUT2D eigenvalue weighted by molar-refractivity contribution is -0.121. The predicted octanol–water partition coefficient (Wildman–Crippen LogP) is 0.999. The van der Waals surface area contributed by atoms with Gasteiger partial charge in [-0.1, -0.05) is 0 Å². The van der Waals surface area contributed by atoms with E-state index < -0.39 is 11.4 Å². The Bertz CT molecular complexity index is 430. The van der Waals surface area contributed by atoms with Crippen molar-refractivity contribution in [3.8, 4) is 6.07 Å². The minimum absolute atomic E-state index is 0.467. The number of aryl methyl sites for hydroxylation is 1. The molecule has 0 bridgehead atoms. The zero-order valence-corrected chi connectivity index (χ0v) is 9.60. The van der Waals surface area contributed by atoms with Gasteiger partial charge in [-0.2, -0.15) is 9.64 Å². The lowest BCUT2D eigenvalue weighted by Gasteiger charge is -2.22. The van der Waals surface area contributed by atoms with Crippen molar-refractivity contribution >= 4 is 22.4 Å². The Kier molecular flexibility index (Phi) is 2.95. The van der Waals surface area contributed by atoms with Crippen molar-refractivity contribution in [2.24, 2.45) is 5.73 Å². The van der Waals surface area contributed by atoms with Crippen LogP contribution in [-0.4, -0.2) is 15.8 Å². The standard InChI is InChI=1S/C9H12N4OS/c1-5-6(4-10)7(15-13-5)12-9(2,3)8(11)14/h12H,1-3H3,(H2,11,14). The quantitative estimate of drug-likeness (QED) is 0.801. The molecule has 5 nitrogen and oxygen atoms in total. The van der Waals surface area contributed by atoms with Crippen LogP contribution in [0, 0.1) is 18.3 Å². The number of anilines is 1. The Morgan fingerprint density at radius 3 is 2.73 bits per heavy atom. The van der Waals surface area contributed by atoms with Crippen molar-refractivity contribution in [1.29, 1.82) is 5.26 Å². The molecule has 0 aliphatic heterocycles. The predicted molar refractivity (Wildman–Crippen MR) is 58.5 cm³/mol. The first-order valence-electron chi connectivity index (χ1n) is 4.33. The van der Waals surface area contributed by atoms with E-state index in [-0.39, 0.29) is 0 Å². The second kappa shape index (κ2) is 3.87. The number of carbonyl (C=O) groups excluding carboxylic acids is 1. The lowest BCUT2D eigenvalue weighted by Crippen LogP contribution is -2.44. The van der Waals surface area contributed by atoms with Crippen LogP contribution in [0.5, 0.6) is 0 Å². The Morgan fingerprint density at radius 1 is 1.67 bits per heavy atom. The van der Waals surface area contributed by atoms with Crippen LogP contribution < -0.4 is 11.1 Å². The summed E-state index contributed by atoms with van der Waals surface area (Å²) < 4.78 is 4.04. The molecule has 0 radical (unpaired) electrons. The monoisotopic (exact) mass is 224 g/mol. The number of carbonyl (C=O) groups is 1. The molecule has 1 rings (SSSR count). The summed E-state index contributed by atoms with van der Waals surface area (Å²) in [7, 11) is 0. The molecular formula is C9H12N4OS. The Balaban J connectivity index is 3.01. The zero-order chi connectivity index (χ0) is 11.6. The maximum atomic E-state index is 11.1. The molecule has 6 heteroatoms. The molecule has 1 aromatic heterocycles. The molecule has 15 heavy (non-hydrogen) atoms. The Hall–Kier alpha value is -1.61. The van der Waals surface area contributed by atoms with E-state index in [1.165, 1.54) is 0 Å². The molecule has 0 aromatic carbocycles. The van der Waals surface area contributed by atoms with Gasteiger partial charge in [-0.25, -0.2) is 0 Å². The highest BCUT2D eigenvalue weighted by molar-refractivity contribution is 7.10. The van der Waals surface area contributed by atoms with Gasteiger partial charge in [0, 0.05) is 0 Å². The number of hydrogen-bond acceptors (Lipinski definition) is 5. The molecule has 0 aliphatic carbocycles. The van der Waals surface area contributed by atoms with Crippen molar-refractivity contribution in [3.63, 3.8) is 0 Å². The van der Waals surface area contributed by atoms with Crippen LogP contribution in [0.4, 0.5) is 5.00 Å². The van der Waals surface area contributed by atoms with Crippen LogP contribution in [-0.2, 0) is 4.79 Å². The van der Waals surface area contributed by atoms with Crippen molar-refractivity contribution in [2.45, 2.75) is 26.3 Å². The fraction of sp³-hybridized carbons (Fsp3) is 0.444. The summed E-state index contributed by atoms with van der Waals surface area (Å²) in [5, 5.41) is 12.4. The van der Waals surface area contributed by atoms with E-state index in [9.17, 15) is 4.79 Å². The van der Waals surface area contributed by atoms with Crippen molar-refractivity contribution in [3.05, 3.63) is 11.3 Å². The molecule has 0 spiro atoms. The summed E-state index contributed by atoms with van der Waals surface area (Å²) in [4.78, 5) is 11.1. The van der Waals surface area contributed by atoms with Gasteiger partial charge in [0.1, 0.15) is 22.2 Å². The molecular weight excluding hydrogens is 212 g/mol. The molecule has 1 aromatic rings. The molecule has 0 saturated heterocycles. The minimum atomic E-state index is -0.884. The number of hydrogen-bond donors (Lipinski definition) is 2. The van der Waals surface area contributed by atoms with Crippen molar-refractivity contribution in [1.82, 2.24) is 4.37 Å². The van der Waals surface area contributed by atoms with Gasteiger partial charge in [0.05, 0.1) is 5.69 Å². The molecule has 0 unspecified atom stereocenters. The van der Waals surface area contributed by atoms with Crippen LogP contribution in [0.1, 0.15) is 25.1 Å². The molecule has 0 aliphatic rings. The van der Waals surface area contributed by atoms with Crippen molar-refractivity contribution < 1.29 is 4.79 Å². The number of nitriles is 1. The maximum Gasteiger partial charge on any atom is 0.242 e. The summed E-state index contributed by atoms with van der Waals surface area (Å²) in [5.74, 6) is -0.475. The van der Waals surface area contributed by atoms with E-state index in [1.54, 1.807) is 20.8 Å². The van der Waals surface area contributed by atoms with Gasteiger partial charge in [0.2, 0.25) is 5.91 Å². The lowest BCUT2D eigenvalue weighted by atomic mass is 10.1. The molecule has 0 fully saturated rings. The van der Waals surface area contributed by atoms with Crippen LogP contribution in [0.3, 0.4) is 0 Å². The topological polar surface area (TPSA) is 91.8 Å². The van der Waals surface area contributed by atoms with Crippen LogP contribution >= 0.6 is 11.5 Å². The van der Waals surface area contributed by atoms with Gasteiger partial charge in [-0.3, -0.25) is 4.79 Å². The smallest absolute Gasteiger partial charge is 0.242 e. The zero-order valence-electron chi connectivity index (χ0n) is 8.79. The first kappa shape index (κ1) is 11.5. The summed E-state index contributed by atoms with van der Waals surface area (Å²) in [5.41, 5.74) is 5.46. The summed E-state index contributed by atoms with van der Waals surface area (Å²) in [6.07, 6.45) is 0. The number of primary amides is 1. The normalized spacial score (nSPS) is 10.8. The van der Waals surface area contributed by atoms with E-state index in [4.69, 9.17) is 11.0 Å². The van der Waals surface area contributed by atoms with E-state index in [1.807, 2.05) is 6.07 Å². The van der Waals surface area contributed by atoms with Crippen molar-refractivity contribution in [2.75, 3.05) is 5.32 Å². The van der Waals surface area contributed by atoms with Gasteiger partial charge >= 0.3 is 0 Å². The van der Waals surface area contributed by atoms with E-state index in [0.29, 0.717) is 16.3 Å². The number of amides is 1. The molecule has 0 atom stereocenters. The largest absolute Gasteiger partial charge is 0.368 e. The fourth-order valence-electron chi connectivity index (χ4n) is 0.932.